The summed E-state index contributed by atoms with van der Waals surface area (Å²) >= 11 is 3.05. The van der Waals surface area contributed by atoms with Gasteiger partial charge >= 0.3 is 0 Å². The van der Waals surface area contributed by atoms with E-state index >= 15 is 0 Å². The van der Waals surface area contributed by atoms with Crippen LogP contribution in [0.3, 0.4) is 0 Å². The summed E-state index contributed by atoms with van der Waals surface area (Å²) in [6, 6.07) is 5.56. The molecule has 2 aromatic carbocycles. The van der Waals surface area contributed by atoms with E-state index in [-0.39, 0.29) is 22.5 Å². The zero-order chi connectivity index (χ0) is 14.0. The average molecular weight is 332 g/mol. The Morgan fingerprint density at radius 2 is 1.68 bits per heavy atom. The SMILES string of the molecule is NCc1ccc(Oc2cc(F)cc(F)c2)c(F)c1Br. The maximum absolute atomic E-state index is 13.9. The molecule has 0 fully saturated rings. The minimum atomic E-state index is -0.798. The fraction of sp³-hybridized carbons (Fsp3) is 0.0769. The number of hydrogen-bond acceptors (Lipinski definition) is 2. The van der Waals surface area contributed by atoms with E-state index in [1.165, 1.54) is 6.07 Å². The van der Waals surface area contributed by atoms with Gasteiger partial charge in [-0.2, -0.15) is 0 Å². The van der Waals surface area contributed by atoms with E-state index in [0.717, 1.165) is 12.1 Å². The first-order chi connectivity index (χ1) is 9.01. The molecule has 0 saturated carbocycles. The van der Waals surface area contributed by atoms with Gasteiger partial charge in [-0.15, -0.1) is 0 Å². The van der Waals surface area contributed by atoms with Gasteiger partial charge in [0.25, 0.3) is 0 Å². The molecule has 0 spiro atoms. The van der Waals surface area contributed by atoms with Crippen LogP contribution in [0.25, 0.3) is 0 Å². The lowest BCUT2D eigenvalue weighted by atomic mass is 10.2. The van der Waals surface area contributed by atoms with Gasteiger partial charge in [-0.05, 0) is 27.6 Å². The molecule has 0 aliphatic heterocycles. The van der Waals surface area contributed by atoms with Crippen molar-refractivity contribution >= 4 is 15.9 Å². The fourth-order valence-corrected chi connectivity index (χ4v) is 2.01. The lowest BCUT2D eigenvalue weighted by molar-refractivity contribution is 0.431. The van der Waals surface area contributed by atoms with Crippen LogP contribution in [0.1, 0.15) is 5.56 Å². The van der Waals surface area contributed by atoms with E-state index in [4.69, 9.17) is 10.5 Å². The Hall–Kier alpha value is -1.53. The molecule has 0 aromatic heterocycles. The zero-order valence-corrected chi connectivity index (χ0v) is 11.2. The fourth-order valence-electron chi connectivity index (χ4n) is 1.52. The summed E-state index contributed by atoms with van der Waals surface area (Å²) in [6.45, 7) is 0.159. The molecule has 2 nitrogen and oxygen atoms in total. The van der Waals surface area contributed by atoms with Crippen LogP contribution in [0.2, 0.25) is 0 Å². The first kappa shape index (κ1) is 13.9. The maximum atomic E-state index is 13.9. The lowest BCUT2D eigenvalue weighted by Crippen LogP contribution is -2.00. The Morgan fingerprint density at radius 3 is 2.26 bits per heavy atom. The number of halogens is 4. The third-order valence-corrected chi connectivity index (χ3v) is 3.27. The number of hydrogen-bond donors (Lipinski definition) is 1. The quantitative estimate of drug-likeness (QED) is 0.918. The van der Waals surface area contributed by atoms with Gasteiger partial charge < -0.3 is 10.5 Å². The molecular weight excluding hydrogens is 323 g/mol. The minimum absolute atomic E-state index is 0.121. The molecule has 0 saturated heterocycles. The van der Waals surface area contributed by atoms with Gasteiger partial charge in [0.1, 0.15) is 17.4 Å². The van der Waals surface area contributed by atoms with Crippen molar-refractivity contribution in [3.8, 4) is 11.5 Å². The Morgan fingerprint density at radius 1 is 1.05 bits per heavy atom. The van der Waals surface area contributed by atoms with Crippen LogP contribution >= 0.6 is 15.9 Å². The van der Waals surface area contributed by atoms with Crippen molar-refractivity contribution in [1.82, 2.24) is 0 Å². The first-order valence-corrected chi connectivity index (χ1v) is 6.11. The molecule has 2 rings (SSSR count). The topological polar surface area (TPSA) is 35.2 Å². The van der Waals surface area contributed by atoms with Crippen LogP contribution in [0, 0.1) is 17.5 Å². The highest BCUT2D eigenvalue weighted by atomic mass is 79.9. The maximum Gasteiger partial charge on any atom is 0.180 e. The van der Waals surface area contributed by atoms with E-state index in [9.17, 15) is 13.2 Å². The molecule has 6 heteroatoms. The van der Waals surface area contributed by atoms with Crippen molar-refractivity contribution in [1.29, 1.82) is 0 Å². The summed E-state index contributed by atoms with van der Waals surface area (Å²) in [4.78, 5) is 0. The van der Waals surface area contributed by atoms with Crippen molar-refractivity contribution in [3.05, 3.63) is 57.8 Å². The number of rotatable bonds is 3. The van der Waals surface area contributed by atoms with Gasteiger partial charge in [-0.1, -0.05) is 6.07 Å². The Bertz CT molecular complexity index is 599. The lowest BCUT2D eigenvalue weighted by Gasteiger charge is -2.10. The molecule has 0 radical (unpaired) electrons. The van der Waals surface area contributed by atoms with Gasteiger partial charge in [0.15, 0.2) is 11.6 Å². The van der Waals surface area contributed by atoms with E-state index in [1.54, 1.807) is 6.07 Å². The summed E-state index contributed by atoms with van der Waals surface area (Å²) in [6.07, 6.45) is 0. The van der Waals surface area contributed by atoms with Crippen molar-refractivity contribution < 1.29 is 17.9 Å². The van der Waals surface area contributed by atoms with Crippen molar-refractivity contribution in [2.45, 2.75) is 6.54 Å². The monoisotopic (exact) mass is 331 g/mol. The van der Waals surface area contributed by atoms with E-state index < -0.39 is 17.5 Å². The molecule has 100 valence electrons. The van der Waals surface area contributed by atoms with Crippen LogP contribution in [0.4, 0.5) is 13.2 Å². The second kappa shape index (κ2) is 5.63. The van der Waals surface area contributed by atoms with Crippen LogP contribution in [0.5, 0.6) is 11.5 Å². The van der Waals surface area contributed by atoms with Crippen molar-refractivity contribution in [3.63, 3.8) is 0 Å². The molecular formula is C13H9BrF3NO. The zero-order valence-electron chi connectivity index (χ0n) is 9.59. The molecule has 0 bridgehead atoms. The third-order valence-electron chi connectivity index (χ3n) is 2.41. The second-order valence-corrected chi connectivity index (χ2v) is 4.56. The molecule has 19 heavy (non-hydrogen) atoms. The summed E-state index contributed by atoms with van der Waals surface area (Å²) in [5.74, 6) is -2.54. The van der Waals surface area contributed by atoms with Crippen LogP contribution in [-0.4, -0.2) is 0 Å². The van der Waals surface area contributed by atoms with E-state index in [0.29, 0.717) is 11.6 Å². The highest BCUT2D eigenvalue weighted by Crippen LogP contribution is 2.32. The molecule has 2 aromatic rings. The smallest absolute Gasteiger partial charge is 0.180 e. The van der Waals surface area contributed by atoms with Gasteiger partial charge in [0.2, 0.25) is 0 Å². The standard InChI is InChI=1S/C13H9BrF3NO/c14-12-7(6-18)1-2-11(13(12)17)19-10-4-8(15)3-9(16)5-10/h1-5H,6,18H2. The minimum Gasteiger partial charge on any atom is -0.454 e. The third kappa shape index (κ3) is 3.08. The summed E-state index contributed by atoms with van der Waals surface area (Å²) < 4.78 is 45.2. The van der Waals surface area contributed by atoms with E-state index in [1.807, 2.05) is 0 Å². The van der Waals surface area contributed by atoms with Crippen LogP contribution in [-0.2, 0) is 6.54 Å². The normalized spacial score (nSPS) is 10.6. The molecule has 0 amide bonds. The number of benzene rings is 2. The highest BCUT2D eigenvalue weighted by molar-refractivity contribution is 9.10. The first-order valence-electron chi connectivity index (χ1n) is 5.32. The van der Waals surface area contributed by atoms with Gasteiger partial charge in [-0.25, -0.2) is 13.2 Å². The predicted molar refractivity (Wildman–Crippen MR) is 68.4 cm³/mol. The predicted octanol–water partition coefficient (Wildman–Crippen LogP) is 4.12. The van der Waals surface area contributed by atoms with E-state index in [2.05, 4.69) is 15.9 Å². The van der Waals surface area contributed by atoms with Gasteiger partial charge in [0, 0.05) is 24.7 Å². The molecule has 2 N–H and O–H groups in total. The molecule has 0 heterocycles. The van der Waals surface area contributed by atoms with Crippen LogP contribution < -0.4 is 10.5 Å². The summed E-state index contributed by atoms with van der Waals surface area (Å²) in [5.41, 5.74) is 5.99. The Labute approximate surface area is 116 Å². The Balaban J connectivity index is 2.36. The van der Waals surface area contributed by atoms with Crippen molar-refractivity contribution in [2.75, 3.05) is 0 Å². The number of ether oxygens (including phenoxy) is 1. The highest BCUT2D eigenvalue weighted by Gasteiger charge is 2.13. The average Bonchev–Trinajstić information content (AvgIpc) is 2.34. The van der Waals surface area contributed by atoms with Crippen molar-refractivity contribution in [2.24, 2.45) is 5.73 Å². The largest absolute Gasteiger partial charge is 0.454 e. The summed E-state index contributed by atoms with van der Waals surface area (Å²) in [7, 11) is 0. The van der Waals surface area contributed by atoms with Gasteiger partial charge in [-0.3, -0.25) is 0 Å². The molecule has 0 aliphatic carbocycles. The van der Waals surface area contributed by atoms with Gasteiger partial charge in [0.05, 0.1) is 4.47 Å². The summed E-state index contributed by atoms with van der Waals surface area (Å²) in [5, 5.41) is 0. The Kier molecular flexibility index (Phi) is 4.11. The molecule has 0 atom stereocenters. The number of nitrogens with two attached hydrogens (primary N) is 1. The molecule has 0 unspecified atom stereocenters. The van der Waals surface area contributed by atoms with Crippen LogP contribution in [0.15, 0.2) is 34.8 Å². The second-order valence-electron chi connectivity index (χ2n) is 3.76. The molecule has 0 aliphatic rings.